The number of ether oxygens (including phenoxy) is 3. The van der Waals surface area contributed by atoms with Crippen molar-refractivity contribution in [2.75, 3.05) is 88.2 Å². The first kappa shape index (κ1) is 35.5. The number of nitrogens with zero attached hydrogens (tertiary/aromatic N) is 4. The third-order valence-electron chi connectivity index (χ3n) is 8.95. The van der Waals surface area contributed by atoms with Crippen LogP contribution in [0.2, 0.25) is 0 Å². The molecule has 0 amide bonds. The van der Waals surface area contributed by atoms with Crippen molar-refractivity contribution < 1.29 is 14.2 Å². The Kier molecular flexibility index (Phi) is 12.4. The van der Waals surface area contributed by atoms with Gasteiger partial charge < -0.3 is 33.8 Å². The molecule has 4 rings (SSSR count). The van der Waals surface area contributed by atoms with E-state index in [9.17, 15) is 0 Å². The first-order chi connectivity index (χ1) is 22.7. The minimum Gasteiger partial charge on any atom is -0.496 e. The van der Waals surface area contributed by atoms with Crippen molar-refractivity contribution in [3.8, 4) is 11.5 Å². The third-order valence-corrected chi connectivity index (χ3v) is 8.95. The van der Waals surface area contributed by atoms with Crippen LogP contribution in [0, 0.1) is 0 Å². The summed E-state index contributed by atoms with van der Waals surface area (Å²) in [6, 6.07) is 30.1. The Morgan fingerprint density at radius 2 is 0.787 bits per heavy atom. The SMILES string of the molecule is CCN(CC)c1ccc(C(OC(c2ccc(N(C)C)cc2)c2ccc(N(CC)CC)cc2OC)c2ccc(N(C)C)cc2)c(OC)c1. The molecule has 0 aliphatic rings. The number of hydrogen-bond acceptors (Lipinski definition) is 7. The molecule has 0 bridgehead atoms. The molecule has 252 valence electrons. The van der Waals surface area contributed by atoms with Crippen LogP contribution >= 0.6 is 0 Å². The lowest BCUT2D eigenvalue weighted by molar-refractivity contribution is 0.0283. The third kappa shape index (κ3) is 8.14. The molecule has 2 unspecified atom stereocenters. The van der Waals surface area contributed by atoms with Crippen molar-refractivity contribution in [1.29, 1.82) is 0 Å². The Morgan fingerprint density at radius 3 is 1.06 bits per heavy atom. The number of anilines is 4. The molecule has 0 heterocycles. The van der Waals surface area contributed by atoms with Crippen LogP contribution < -0.4 is 29.1 Å². The Bertz CT molecular complexity index is 1430. The van der Waals surface area contributed by atoms with Crippen molar-refractivity contribution in [3.63, 3.8) is 0 Å². The molecule has 0 aliphatic heterocycles. The lowest BCUT2D eigenvalue weighted by Gasteiger charge is -2.30. The zero-order valence-electron chi connectivity index (χ0n) is 30.1. The van der Waals surface area contributed by atoms with E-state index in [0.717, 1.165) is 82.7 Å². The molecular formula is C40H54N4O3. The molecule has 0 fully saturated rings. The fourth-order valence-corrected chi connectivity index (χ4v) is 6.10. The van der Waals surface area contributed by atoms with Crippen LogP contribution in [-0.2, 0) is 4.74 Å². The molecule has 4 aromatic rings. The highest BCUT2D eigenvalue weighted by molar-refractivity contribution is 5.58. The minimum absolute atomic E-state index is 0.433. The van der Waals surface area contributed by atoms with Crippen LogP contribution in [0.15, 0.2) is 84.9 Å². The van der Waals surface area contributed by atoms with Gasteiger partial charge in [0, 0.05) is 100 Å². The molecule has 0 saturated carbocycles. The number of methoxy groups -OCH3 is 2. The van der Waals surface area contributed by atoms with Gasteiger partial charge in [-0.15, -0.1) is 0 Å². The smallest absolute Gasteiger partial charge is 0.127 e. The summed E-state index contributed by atoms with van der Waals surface area (Å²) in [6.45, 7) is 12.4. The van der Waals surface area contributed by atoms with E-state index < -0.39 is 12.2 Å². The van der Waals surface area contributed by atoms with Crippen molar-refractivity contribution in [3.05, 3.63) is 107 Å². The summed E-state index contributed by atoms with van der Waals surface area (Å²) in [7, 11) is 11.7. The highest BCUT2D eigenvalue weighted by Gasteiger charge is 2.29. The van der Waals surface area contributed by atoms with E-state index in [1.165, 1.54) is 0 Å². The molecule has 0 saturated heterocycles. The Morgan fingerprint density at radius 1 is 0.468 bits per heavy atom. The van der Waals surface area contributed by atoms with E-state index in [4.69, 9.17) is 14.2 Å². The highest BCUT2D eigenvalue weighted by Crippen LogP contribution is 2.44. The average molecular weight is 639 g/mol. The van der Waals surface area contributed by atoms with Gasteiger partial charge in [0.1, 0.15) is 23.7 Å². The second-order valence-electron chi connectivity index (χ2n) is 12.1. The van der Waals surface area contributed by atoms with Gasteiger partial charge in [-0.1, -0.05) is 36.4 Å². The molecule has 0 radical (unpaired) electrons. The second-order valence-corrected chi connectivity index (χ2v) is 12.1. The van der Waals surface area contributed by atoms with Gasteiger partial charge in [-0.3, -0.25) is 0 Å². The van der Waals surface area contributed by atoms with Gasteiger partial charge in [0.25, 0.3) is 0 Å². The average Bonchev–Trinajstić information content (AvgIpc) is 3.10. The van der Waals surface area contributed by atoms with E-state index in [2.05, 4.69) is 160 Å². The zero-order chi connectivity index (χ0) is 34.1. The summed E-state index contributed by atoms with van der Waals surface area (Å²) in [4.78, 5) is 8.87. The number of rotatable bonds is 16. The lowest BCUT2D eigenvalue weighted by Crippen LogP contribution is -2.22. The molecular weight excluding hydrogens is 584 g/mol. The quantitative estimate of drug-likeness (QED) is 0.122. The largest absolute Gasteiger partial charge is 0.496 e. The highest BCUT2D eigenvalue weighted by atomic mass is 16.5. The first-order valence-corrected chi connectivity index (χ1v) is 16.7. The van der Waals surface area contributed by atoms with Crippen molar-refractivity contribution in [2.24, 2.45) is 0 Å². The van der Waals surface area contributed by atoms with Gasteiger partial charge in [-0.2, -0.15) is 0 Å². The van der Waals surface area contributed by atoms with E-state index in [1.807, 2.05) is 0 Å². The van der Waals surface area contributed by atoms with Crippen LogP contribution in [0.3, 0.4) is 0 Å². The minimum atomic E-state index is -0.433. The van der Waals surface area contributed by atoms with E-state index in [0.29, 0.717) is 0 Å². The van der Waals surface area contributed by atoms with Crippen LogP contribution in [0.5, 0.6) is 11.5 Å². The molecule has 0 spiro atoms. The predicted molar refractivity (Wildman–Crippen MR) is 199 cm³/mol. The monoisotopic (exact) mass is 638 g/mol. The molecule has 0 aliphatic carbocycles. The predicted octanol–water partition coefficient (Wildman–Crippen LogP) is 8.42. The topological polar surface area (TPSA) is 40.7 Å². The summed E-state index contributed by atoms with van der Waals surface area (Å²) in [5.74, 6) is 1.59. The van der Waals surface area contributed by atoms with Crippen LogP contribution in [-0.4, -0.2) is 68.6 Å². The summed E-state index contributed by atoms with van der Waals surface area (Å²) in [5.41, 5.74) is 8.52. The van der Waals surface area contributed by atoms with Crippen molar-refractivity contribution >= 4 is 22.7 Å². The fourth-order valence-electron chi connectivity index (χ4n) is 6.10. The van der Waals surface area contributed by atoms with Gasteiger partial charge in [0.05, 0.1) is 14.2 Å². The summed E-state index contributed by atoms with van der Waals surface area (Å²) >= 11 is 0. The molecule has 47 heavy (non-hydrogen) atoms. The molecule has 7 nitrogen and oxygen atoms in total. The van der Waals surface area contributed by atoms with Crippen LogP contribution in [0.1, 0.15) is 62.2 Å². The van der Waals surface area contributed by atoms with Gasteiger partial charge in [0.15, 0.2) is 0 Å². The Hall–Kier alpha value is -4.36. The number of benzene rings is 4. The maximum atomic E-state index is 7.37. The number of hydrogen-bond donors (Lipinski definition) is 0. The van der Waals surface area contributed by atoms with E-state index in [1.54, 1.807) is 14.2 Å². The van der Waals surface area contributed by atoms with Crippen molar-refractivity contribution in [1.82, 2.24) is 0 Å². The first-order valence-electron chi connectivity index (χ1n) is 16.7. The van der Waals surface area contributed by atoms with Gasteiger partial charge in [-0.25, -0.2) is 0 Å². The summed E-state index contributed by atoms with van der Waals surface area (Å²) < 4.78 is 19.5. The van der Waals surface area contributed by atoms with Gasteiger partial charge >= 0.3 is 0 Å². The molecule has 0 aromatic heterocycles. The Balaban J connectivity index is 1.92. The van der Waals surface area contributed by atoms with Crippen LogP contribution in [0.25, 0.3) is 0 Å². The summed E-state index contributed by atoms with van der Waals surface area (Å²) in [5, 5.41) is 0. The fraction of sp³-hybridized carbons (Fsp3) is 0.400. The molecule has 0 N–H and O–H groups in total. The van der Waals surface area contributed by atoms with Crippen LogP contribution in [0.4, 0.5) is 22.7 Å². The second kappa shape index (κ2) is 16.5. The summed E-state index contributed by atoms with van der Waals surface area (Å²) in [6.07, 6.45) is -0.866. The lowest BCUT2D eigenvalue weighted by atomic mass is 9.96. The zero-order valence-corrected chi connectivity index (χ0v) is 30.1. The van der Waals surface area contributed by atoms with E-state index >= 15 is 0 Å². The standard InChI is InChI=1S/C40H54N4O3/c1-11-43(12-2)33-23-25-35(37(27-33)45-9)39(29-15-19-31(20-16-29)41(5)6)47-40(30-17-21-32(22-18-30)42(7)8)36-26-24-34(28-38(36)46-10)44(13-3)14-4/h15-28,39-40H,11-14H2,1-10H3. The maximum Gasteiger partial charge on any atom is 0.127 e. The van der Waals surface area contributed by atoms with Gasteiger partial charge in [-0.05, 0) is 75.2 Å². The van der Waals surface area contributed by atoms with Crippen molar-refractivity contribution in [2.45, 2.75) is 39.9 Å². The molecule has 7 heteroatoms. The maximum absolute atomic E-state index is 7.37. The molecule has 4 aromatic carbocycles. The van der Waals surface area contributed by atoms with Gasteiger partial charge in [0.2, 0.25) is 0 Å². The molecule has 2 atom stereocenters. The Labute approximate surface area is 283 Å². The normalized spacial score (nSPS) is 12.3. The van der Waals surface area contributed by atoms with E-state index in [-0.39, 0.29) is 0 Å².